The summed E-state index contributed by atoms with van der Waals surface area (Å²) in [6.07, 6.45) is -1.32. The lowest BCUT2D eigenvalue weighted by molar-refractivity contribution is -0.0965. The minimum absolute atomic E-state index is 0.107. The molecule has 3 N–H and O–H groups in total. The number of aliphatic hydroxyl groups excluding tert-OH is 3. The first kappa shape index (κ1) is 8.93. The lowest BCUT2D eigenvalue weighted by Gasteiger charge is -2.28. The molecule has 11 heavy (non-hydrogen) atoms. The van der Waals surface area contributed by atoms with Gasteiger partial charge in [-0.1, -0.05) is 6.92 Å². The molecule has 0 saturated carbocycles. The van der Waals surface area contributed by atoms with Crippen LogP contribution in [0.5, 0.6) is 0 Å². The summed E-state index contributed by atoms with van der Waals surface area (Å²) < 4.78 is 5.11. The van der Waals surface area contributed by atoms with Gasteiger partial charge < -0.3 is 20.1 Å². The summed E-state index contributed by atoms with van der Waals surface area (Å²) in [4.78, 5) is 0. The van der Waals surface area contributed by atoms with Crippen LogP contribution in [-0.2, 0) is 4.74 Å². The summed E-state index contributed by atoms with van der Waals surface area (Å²) in [7, 11) is 0. The van der Waals surface area contributed by atoms with Crippen molar-refractivity contribution in [2.75, 3.05) is 13.2 Å². The maximum Gasteiger partial charge on any atom is 0.119 e. The van der Waals surface area contributed by atoms with E-state index in [1.807, 2.05) is 0 Å². The molecule has 0 aromatic rings. The van der Waals surface area contributed by atoms with E-state index >= 15 is 0 Å². The fourth-order valence-electron chi connectivity index (χ4n) is 1.34. The fourth-order valence-corrected chi connectivity index (χ4v) is 1.34. The molecule has 0 spiro atoms. The average Bonchev–Trinajstić information content (AvgIpc) is 2.32. The van der Waals surface area contributed by atoms with Gasteiger partial charge in [0.1, 0.15) is 17.8 Å². The molecule has 0 amide bonds. The third kappa shape index (κ3) is 1.27. The quantitative estimate of drug-likeness (QED) is 0.481. The maximum atomic E-state index is 9.37. The number of aliphatic hydroxyl groups is 3. The van der Waals surface area contributed by atoms with Crippen LogP contribution in [-0.4, -0.2) is 46.3 Å². The van der Waals surface area contributed by atoms with Gasteiger partial charge in [-0.2, -0.15) is 0 Å². The molecule has 1 saturated heterocycles. The van der Waals surface area contributed by atoms with Crippen LogP contribution in [0.3, 0.4) is 0 Å². The lowest BCUT2D eigenvalue weighted by Crippen LogP contribution is -2.45. The van der Waals surface area contributed by atoms with E-state index in [2.05, 4.69) is 0 Å². The number of hydrogen-bond acceptors (Lipinski definition) is 4. The fraction of sp³-hybridized carbons (Fsp3) is 1.00. The van der Waals surface area contributed by atoms with E-state index in [-0.39, 0.29) is 13.2 Å². The van der Waals surface area contributed by atoms with Crippen molar-refractivity contribution in [3.63, 3.8) is 0 Å². The van der Waals surface area contributed by atoms with Crippen molar-refractivity contribution in [3.05, 3.63) is 0 Å². The Morgan fingerprint density at radius 1 is 1.55 bits per heavy atom. The molecule has 4 heteroatoms. The Hall–Kier alpha value is -0.160. The maximum absolute atomic E-state index is 9.37. The predicted octanol–water partition coefficient (Wildman–Crippen LogP) is -1.12. The highest BCUT2D eigenvalue weighted by Crippen LogP contribution is 2.28. The molecule has 0 aliphatic carbocycles. The molecule has 0 radical (unpaired) electrons. The summed E-state index contributed by atoms with van der Waals surface area (Å²) in [5.41, 5.74) is -0.931. The molecule has 0 aromatic carbocycles. The topological polar surface area (TPSA) is 69.9 Å². The molecule has 3 atom stereocenters. The van der Waals surface area contributed by atoms with Gasteiger partial charge in [-0.3, -0.25) is 0 Å². The highest BCUT2D eigenvalue weighted by Gasteiger charge is 2.46. The molecule has 1 aliphatic rings. The molecule has 1 fully saturated rings. The van der Waals surface area contributed by atoms with Crippen LogP contribution in [0.4, 0.5) is 0 Å². The number of rotatable bonds is 2. The highest BCUT2D eigenvalue weighted by molar-refractivity contribution is 4.96. The first-order valence-corrected chi connectivity index (χ1v) is 3.77. The lowest BCUT2D eigenvalue weighted by atomic mass is 9.94. The van der Waals surface area contributed by atoms with E-state index in [0.717, 1.165) is 0 Å². The smallest absolute Gasteiger partial charge is 0.119 e. The molecule has 66 valence electrons. The number of ether oxygens (including phenoxy) is 1. The second-order valence-corrected chi connectivity index (χ2v) is 2.90. The monoisotopic (exact) mass is 162 g/mol. The summed E-state index contributed by atoms with van der Waals surface area (Å²) >= 11 is 0. The molecular formula is C7H14O4. The summed E-state index contributed by atoms with van der Waals surface area (Å²) in [6.45, 7) is 1.66. The van der Waals surface area contributed by atoms with Gasteiger partial charge in [0.25, 0.3) is 0 Å². The third-order valence-electron chi connectivity index (χ3n) is 2.31. The molecule has 4 nitrogen and oxygen atoms in total. The molecule has 0 unspecified atom stereocenters. The van der Waals surface area contributed by atoms with Crippen LogP contribution < -0.4 is 0 Å². The van der Waals surface area contributed by atoms with Crippen molar-refractivity contribution < 1.29 is 20.1 Å². The van der Waals surface area contributed by atoms with Gasteiger partial charge >= 0.3 is 0 Å². The van der Waals surface area contributed by atoms with Crippen LogP contribution in [0.25, 0.3) is 0 Å². The van der Waals surface area contributed by atoms with Crippen molar-refractivity contribution in [1.82, 2.24) is 0 Å². The Bertz CT molecular complexity index is 132. The minimum Gasteiger partial charge on any atom is -0.393 e. The third-order valence-corrected chi connectivity index (χ3v) is 2.31. The zero-order chi connectivity index (χ0) is 8.48. The standard InChI is InChI=1S/C7H14O4/c1-2-7(4-8)6(10)5(9)3-11-7/h5-6,8-10H,2-4H2,1H3/t5-,6-,7+/m0/s1. The van der Waals surface area contributed by atoms with Gasteiger partial charge in [0.2, 0.25) is 0 Å². The number of hydrogen-bond donors (Lipinski definition) is 3. The summed E-state index contributed by atoms with van der Waals surface area (Å²) in [6, 6.07) is 0. The van der Waals surface area contributed by atoms with Crippen molar-refractivity contribution in [2.24, 2.45) is 0 Å². The Morgan fingerprint density at radius 2 is 2.18 bits per heavy atom. The Balaban J connectivity index is 2.69. The Morgan fingerprint density at radius 3 is 2.36 bits per heavy atom. The van der Waals surface area contributed by atoms with Crippen LogP contribution >= 0.6 is 0 Å². The van der Waals surface area contributed by atoms with E-state index in [1.54, 1.807) is 6.92 Å². The van der Waals surface area contributed by atoms with E-state index < -0.39 is 17.8 Å². The van der Waals surface area contributed by atoms with Gasteiger partial charge in [0.05, 0.1) is 13.2 Å². The SMILES string of the molecule is CC[C@]1(CO)OC[C@H](O)[C@@H]1O. The van der Waals surface area contributed by atoms with Crippen LogP contribution in [0.15, 0.2) is 0 Å². The predicted molar refractivity (Wildman–Crippen MR) is 38.1 cm³/mol. The van der Waals surface area contributed by atoms with Gasteiger partial charge in [0, 0.05) is 0 Å². The van der Waals surface area contributed by atoms with Crippen molar-refractivity contribution >= 4 is 0 Å². The van der Waals surface area contributed by atoms with Gasteiger partial charge in [-0.05, 0) is 6.42 Å². The van der Waals surface area contributed by atoms with E-state index in [9.17, 15) is 5.11 Å². The van der Waals surface area contributed by atoms with Gasteiger partial charge in [-0.25, -0.2) is 0 Å². The minimum atomic E-state index is -0.961. The van der Waals surface area contributed by atoms with Crippen LogP contribution in [0.1, 0.15) is 13.3 Å². The summed E-state index contributed by atoms with van der Waals surface area (Å²) in [5.74, 6) is 0. The largest absolute Gasteiger partial charge is 0.393 e. The van der Waals surface area contributed by atoms with Crippen LogP contribution in [0, 0.1) is 0 Å². The average molecular weight is 162 g/mol. The first-order valence-electron chi connectivity index (χ1n) is 3.77. The molecular weight excluding hydrogens is 148 g/mol. The van der Waals surface area contributed by atoms with Crippen molar-refractivity contribution in [3.8, 4) is 0 Å². The van der Waals surface area contributed by atoms with E-state index in [4.69, 9.17) is 14.9 Å². The van der Waals surface area contributed by atoms with E-state index in [1.165, 1.54) is 0 Å². The Kier molecular flexibility index (Phi) is 2.49. The molecule has 1 rings (SSSR count). The normalized spacial score (nSPS) is 44.7. The van der Waals surface area contributed by atoms with Crippen molar-refractivity contribution in [1.29, 1.82) is 0 Å². The second-order valence-electron chi connectivity index (χ2n) is 2.90. The highest BCUT2D eigenvalue weighted by atomic mass is 16.6. The molecule has 0 aromatic heterocycles. The Labute approximate surface area is 65.4 Å². The van der Waals surface area contributed by atoms with Gasteiger partial charge in [-0.15, -0.1) is 0 Å². The van der Waals surface area contributed by atoms with Crippen LogP contribution in [0.2, 0.25) is 0 Å². The van der Waals surface area contributed by atoms with Gasteiger partial charge in [0.15, 0.2) is 0 Å². The molecule has 1 aliphatic heterocycles. The second kappa shape index (κ2) is 3.06. The summed E-state index contributed by atoms with van der Waals surface area (Å²) in [5, 5.41) is 27.4. The zero-order valence-corrected chi connectivity index (χ0v) is 6.53. The zero-order valence-electron chi connectivity index (χ0n) is 6.53. The molecule has 0 bridgehead atoms. The van der Waals surface area contributed by atoms with Crippen molar-refractivity contribution in [2.45, 2.75) is 31.2 Å². The van der Waals surface area contributed by atoms with E-state index in [0.29, 0.717) is 6.42 Å². The first-order chi connectivity index (χ1) is 5.16. The molecule has 1 heterocycles.